The number of rotatable bonds is 3. The minimum absolute atomic E-state index is 0.0177. The molecule has 5 nitrogen and oxygen atoms in total. The van der Waals surface area contributed by atoms with Gasteiger partial charge in [0.1, 0.15) is 0 Å². The molecule has 2 aromatic rings. The highest BCUT2D eigenvalue weighted by Crippen LogP contribution is 2.56. The van der Waals surface area contributed by atoms with Gasteiger partial charge in [0.25, 0.3) is 0 Å². The fourth-order valence-corrected chi connectivity index (χ4v) is 6.10. The molecule has 0 amide bonds. The maximum Gasteiger partial charge on any atom is 0.435 e. The molecule has 3 aliphatic rings. The highest BCUT2D eigenvalue weighted by atomic mass is 19.4. The molecule has 5 rings (SSSR count). The SMILES string of the molecule is CC[C@]1(c2cccc(-c3cc(C)ncc3C)c2)C2=C(CC(C)(C)CC2=O)NC2N=NC(C(F)(F)F)=C21. The summed E-state index contributed by atoms with van der Waals surface area (Å²) in [6.45, 7) is 9.70. The first-order valence-corrected chi connectivity index (χ1v) is 12.2. The number of nitrogens with one attached hydrogen (secondary N) is 1. The number of carbonyl (C=O) groups is 1. The first-order chi connectivity index (χ1) is 16.9. The average Bonchev–Trinajstić information content (AvgIpc) is 3.23. The van der Waals surface area contributed by atoms with Gasteiger partial charge in [-0.2, -0.15) is 18.3 Å². The molecule has 0 saturated heterocycles. The van der Waals surface area contributed by atoms with Crippen LogP contribution >= 0.6 is 0 Å². The molecule has 0 saturated carbocycles. The van der Waals surface area contributed by atoms with E-state index in [2.05, 4.69) is 20.5 Å². The summed E-state index contributed by atoms with van der Waals surface area (Å²) in [4.78, 5) is 18.1. The van der Waals surface area contributed by atoms with E-state index < -0.39 is 23.5 Å². The smallest absolute Gasteiger partial charge is 0.362 e. The van der Waals surface area contributed by atoms with E-state index in [1.54, 1.807) is 6.20 Å². The van der Waals surface area contributed by atoms with Gasteiger partial charge in [0.05, 0.1) is 5.41 Å². The van der Waals surface area contributed by atoms with Gasteiger partial charge in [0, 0.05) is 35.2 Å². The number of carbonyl (C=O) groups excluding carboxylic acids is 1. The van der Waals surface area contributed by atoms with Crippen molar-refractivity contribution in [2.24, 2.45) is 15.6 Å². The van der Waals surface area contributed by atoms with Crippen LogP contribution in [0.5, 0.6) is 0 Å². The van der Waals surface area contributed by atoms with Crippen molar-refractivity contribution in [1.82, 2.24) is 10.3 Å². The van der Waals surface area contributed by atoms with Gasteiger partial charge in [-0.3, -0.25) is 9.78 Å². The monoisotopic (exact) mass is 494 g/mol. The Morgan fingerprint density at radius 2 is 1.89 bits per heavy atom. The average molecular weight is 495 g/mol. The van der Waals surface area contributed by atoms with E-state index in [1.165, 1.54) is 0 Å². The molecule has 2 atom stereocenters. The van der Waals surface area contributed by atoms with Gasteiger partial charge in [0.15, 0.2) is 17.6 Å². The number of fused-ring (bicyclic) bond motifs is 1. The number of aryl methyl sites for hydroxylation is 2. The molecule has 1 N–H and O–H groups in total. The highest BCUT2D eigenvalue weighted by Gasteiger charge is 2.57. The summed E-state index contributed by atoms with van der Waals surface area (Å²) in [5, 5.41) is 10.8. The number of allylic oxidation sites excluding steroid dienone is 3. The lowest BCUT2D eigenvalue weighted by Gasteiger charge is -2.48. The number of ketones is 1. The third-order valence-corrected chi connectivity index (χ3v) is 7.58. The Balaban J connectivity index is 1.83. The summed E-state index contributed by atoms with van der Waals surface area (Å²) in [5.41, 5.74) is 2.78. The third kappa shape index (κ3) is 3.69. The van der Waals surface area contributed by atoms with E-state index in [0.717, 1.165) is 22.4 Å². The van der Waals surface area contributed by atoms with Gasteiger partial charge in [-0.1, -0.05) is 39.0 Å². The van der Waals surface area contributed by atoms with Crippen LogP contribution in [0.4, 0.5) is 13.2 Å². The molecule has 2 aliphatic heterocycles. The van der Waals surface area contributed by atoms with E-state index in [1.807, 2.05) is 65.0 Å². The molecular formula is C28H29F3N4O. The third-order valence-electron chi connectivity index (χ3n) is 7.58. The van der Waals surface area contributed by atoms with Crippen molar-refractivity contribution in [2.45, 2.75) is 71.6 Å². The van der Waals surface area contributed by atoms with Crippen LogP contribution in [0.1, 0.15) is 56.9 Å². The van der Waals surface area contributed by atoms with Gasteiger partial charge in [-0.25, -0.2) is 0 Å². The maximum atomic E-state index is 14.3. The molecule has 0 spiro atoms. The van der Waals surface area contributed by atoms with Crippen LogP contribution < -0.4 is 5.32 Å². The van der Waals surface area contributed by atoms with Crippen molar-refractivity contribution >= 4 is 5.78 Å². The molecule has 0 bridgehead atoms. The summed E-state index contributed by atoms with van der Waals surface area (Å²) in [5.74, 6) is -0.128. The predicted octanol–water partition coefficient (Wildman–Crippen LogP) is 6.87. The van der Waals surface area contributed by atoms with Gasteiger partial charge >= 0.3 is 6.18 Å². The highest BCUT2D eigenvalue weighted by molar-refractivity contribution is 6.01. The number of benzene rings is 1. The number of nitrogens with zero attached hydrogens (tertiary/aromatic N) is 3. The van der Waals surface area contributed by atoms with E-state index >= 15 is 0 Å². The van der Waals surface area contributed by atoms with Gasteiger partial charge < -0.3 is 5.32 Å². The van der Waals surface area contributed by atoms with Crippen LogP contribution in [0.15, 0.2) is 69.3 Å². The van der Waals surface area contributed by atoms with Crippen molar-refractivity contribution in [3.05, 3.63) is 75.9 Å². The first-order valence-electron chi connectivity index (χ1n) is 12.2. The molecule has 1 aromatic carbocycles. The number of hydrogen-bond donors (Lipinski definition) is 1. The summed E-state index contributed by atoms with van der Waals surface area (Å²) < 4.78 is 42.8. The second kappa shape index (κ2) is 8.11. The number of pyridine rings is 1. The Bertz CT molecular complexity index is 1370. The fourth-order valence-electron chi connectivity index (χ4n) is 6.10. The summed E-state index contributed by atoms with van der Waals surface area (Å²) in [7, 11) is 0. The zero-order valence-electron chi connectivity index (χ0n) is 21.0. The molecule has 1 aromatic heterocycles. The lowest BCUT2D eigenvalue weighted by molar-refractivity contribution is -0.119. The second-order valence-electron chi connectivity index (χ2n) is 10.8. The minimum atomic E-state index is -4.69. The zero-order chi connectivity index (χ0) is 26.0. The molecule has 8 heteroatoms. The van der Waals surface area contributed by atoms with Gasteiger partial charge in [-0.15, -0.1) is 5.11 Å². The van der Waals surface area contributed by atoms with Crippen molar-refractivity contribution in [3.63, 3.8) is 0 Å². The Kier molecular flexibility index (Phi) is 5.50. The normalized spacial score (nSPS) is 25.1. The van der Waals surface area contributed by atoms with Gasteiger partial charge in [-0.05, 0) is 66.5 Å². The number of Topliss-reactive ketones (excluding diaryl/α,β-unsaturated/α-hetero) is 1. The van der Waals surface area contributed by atoms with E-state index in [0.29, 0.717) is 23.3 Å². The molecule has 1 unspecified atom stereocenters. The largest absolute Gasteiger partial charge is 0.435 e. The maximum absolute atomic E-state index is 14.3. The Morgan fingerprint density at radius 3 is 2.58 bits per heavy atom. The predicted molar refractivity (Wildman–Crippen MR) is 131 cm³/mol. The van der Waals surface area contributed by atoms with Crippen molar-refractivity contribution in [2.75, 3.05) is 0 Å². The number of hydrogen-bond acceptors (Lipinski definition) is 5. The Morgan fingerprint density at radius 1 is 1.14 bits per heavy atom. The summed E-state index contributed by atoms with van der Waals surface area (Å²) in [6.07, 6.45) is -2.77. The molecule has 0 fully saturated rings. The molecule has 3 heterocycles. The van der Waals surface area contributed by atoms with E-state index in [4.69, 9.17) is 0 Å². The van der Waals surface area contributed by atoms with Crippen molar-refractivity contribution in [3.8, 4) is 11.1 Å². The van der Waals surface area contributed by atoms with Crippen LogP contribution in [0, 0.1) is 19.3 Å². The summed E-state index contributed by atoms with van der Waals surface area (Å²) in [6, 6.07) is 9.51. The van der Waals surface area contributed by atoms with Crippen LogP contribution in [-0.4, -0.2) is 23.1 Å². The number of halogens is 3. The zero-order valence-corrected chi connectivity index (χ0v) is 21.0. The first kappa shape index (κ1) is 24.4. The summed E-state index contributed by atoms with van der Waals surface area (Å²) >= 11 is 0. The van der Waals surface area contributed by atoms with E-state index in [-0.39, 0.29) is 29.6 Å². The lowest BCUT2D eigenvalue weighted by Crippen LogP contribution is -2.52. The standard InChI is InChI=1S/C28H29F3N4O/c1-6-27(18-9-7-8-17(11-18)19-10-16(3)32-14-15(19)2)22-20(12-26(4,5)13-21(22)36)33-25-23(27)24(34-35-25)28(29,30)31/h7-11,14,25,33H,6,12-13H2,1-5H3/t25?,27-/m0/s1. The molecule has 1 aliphatic carbocycles. The fraction of sp³-hybridized carbons (Fsp3) is 0.429. The van der Waals surface area contributed by atoms with Crippen molar-refractivity contribution < 1.29 is 18.0 Å². The lowest BCUT2D eigenvalue weighted by atomic mass is 9.58. The number of azo groups is 1. The molecule has 36 heavy (non-hydrogen) atoms. The van der Waals surface area contributed by atoms with Crippen LogP contribution in [-0.2, 0) is 10.2 Å². The molecular weight excluding hydrogens is 465 g/mol. The van der Waals surface area contributed by atoms with E-state index in [9.17, 15) is 18.0 Å². The topological polar surface area (TPSA) is 66.7 Å². The molecule has 0 radical (unpaired) electrons. The Hall–Kier alpha value is -3.29. The van der Waals surface area contributed by atoms with Gasteiger partial charge in [0.2, 0.25) is 0 Å². The number of alkyl halides is 3. The van der Waals surface area contributed by atoms with Crippen molar-refractivity contribution in [1.29, 1.82) is 0 Å². The van der Waals surface area contributed by atoms with Crippen LogP contribution in [0.2, 0.25) is 0 Å². The minimum Gasteiger partial charge on any atom is -0.362 e. The van der Waals surface area contributed by atoms with Crippen LogP contribution in [0.3, 0.4) is 0 Å². The van der Waals surface area contributed by atoms with Crippen LogP contribution in [0.25, 0.3) is 11.1 Å². The number of aromatic nitrogens is 1. The Labute approximate surface area is 208 Å². The second-order valence-corrected chi connectivity index (χ2v) is 10.8. The molecule has 188 valence electrons. The quantitative estimate of drug-likeness (QED) is 0.506.